The average Bonchev–Trinajstić information content (AvgIpc) is 2.96. The van der Waals surface area contributed by atoms with Gasteiger partial charge in [0.1, 0.15) is 11.4 Å². The van der Waals surface area contributed by atoms with Crippen LogP contribution >= 0.6 is 0 Å². The molecule has 7 nitrogen and oxygen atoms in total. The fourth-order valence-corrected chi connectivity index (χ4v) is 2.60. The van der Waals surface area contributed by atoms with E-state index in [1.807, 2.05) is 13.8 Å². The predicted octanol–water partition coefficient (Wildman–Crippen LogP) is 0.826. The van der Waals surface area contributed by atoms with Gasteiger partial charge in [-0.25, -0.2) is 4.79 Å². The highest BCUT2D eigenvalue weighted by molar-refractivity contribution is 6.11. The molecule has 3 N–H and O–H groups in total. The van der Waals surface area contributed by atoms with Crippen LogP contribution in [0, 0.1) is 0 Å². The number of ether oxygens (including phenoxy) is 2. The van der Waals surface area contributed by atoms with E-state index in [-0.39, 0.29) is 11.6 Å². The van der Waals surface area contributed by atoms with Gasteiger partial charge < -0.3 is 24.7 Å². The van der Waals surface area contributed by atoms with Crippen LogP contribution in [0.3, 0.4) is 0 Å². The molecular weight excluding hydrogens is 310 g/mol. The van der Waals surface area contributed by atoms with Gasteiger partial charge in [-0.2, -0.15) is 0 Å². The summed E-state index contributed by atoms with van der Waals surface area (Å²) >= 11 is 0. The number of fused-ring (bicyclic) bond motifs is 1. The van der Waals surface area contributed by atoms with Crippen molar-refractivity contribution < 1.29 is 24.0 Å². The van der Waals surface area contributed by atoms with Crippen molar-refractivity contribution in [2.45, 2.75) is 13.8 Å². The van der Waals surface area contributed by atoms with Gasteiger partial charge >= 0.3 is 5.97 Å². The molecule has 7 heteroatoms. The van der Waals surface area contributed by atoms with Crippen LogP contribution in [0.4, 0.5) is 5.69 Å². The van der Waals surface area contributed by atoms with Gasteiger partial charge in [0.2, 0.25) is 0 Å². The molecule has 1 amide bonds. The summed E-state index contributed by atoms with van der Waals surface area (Å²) in [5.41, 5.74) is 1.36. The molecule has 0 saturated heterocycles. The van der Waals surface area contributed by atoms with Gasteiger partial charge in [0.15, 0.2) is 6.54 Å². The lowest BCUT2D eigenvalue weighted by atomic mass is 10.2. The zero-order chi connectivity index (χ0) is 17.7. The Balaban J connectivity index is 2.39. The third-order valence-electron chi connectivity index (χ3n) is 4.07. The van der Waals surface area contributed by atoms with Crippen LogP contribution in [0.5, 0.6) is 5.75 Å². The molecule has 0 aliphatic carbocycles. The minimum absolute atomic E-state index is 0.143. The third kappa shape index (κ3) is 3.68. The summed E-state index contributed by atoms with van der Waals surface area (Å²) in [6.45, 7) is 6.13. The highest BCUT2D eigenvalue weighted by Gasteiger charge is 2.21. The normalized spacial score (nSPS) is 10.9. The number of rotatable bonds is 7. The standard InChI is InChI=1S/C17H23N3O4/c1-5-20(6-2)10-14(21)19-15-12-8-7-11(23-3)9-13(12)18-16(15)17(22)24-4/h7-9,18H,5-6,10H2,1-4H3,(H,19,21)/p+1. The maximum Gasteiger partial charge on any atom is 0.356 e. The van der Waals surface area contributed by atoms with E-state index in [2.05, 4.69) is 10.3 Å². The van der Waals surface area contributed by atoms with E-state index < -0.39 is 5.97 Å². The number of carbonyl (C=O) groups is 2. The molecule has 2 rings (SSSR count). The van der Waals surface area contributed by atoms with Gasteiger partial charge in [0.05, 0.1) is 38.5 Å². The number of quaternary nitrogens is 1. The lowest BCUT2D eigenvalue weighted by Crippen LogP contribution is -3.12. The number of benzene rings is 1. The number of aromatic nitrogens is 1. The quantitative estimate of drug-likeness (QED) is 0.655. The number of methoxy groups -OCH3 is 2. The Labute approximate surface area is 140 Å². The van der Waals surface area contributed by atoms with Crippen molar-refractivity contribution in [3.63, 3.8) is 0 Å². The van der Waals surface area contributed by atoms with E-state index in [0.717, 1.165) is 23.4 Å². The average molecular weight is 334 g/mol. The second-order valence-corrected chi connectivity index (χ2v) is 5.46. The van der Waals surface area contributed by atoms with Gasteiger partial charge in [0, 0.05) is 11.5 Å². The Kier molecular flexibility index (Phi) is 5.81. The number of carbonyl (C=O) groups excluding carboxylic acids is 2. The lowest BCUT2D eigenvalue weighted by molar-refractivity contribution is -0.888. The summed E-state index contributed by atoms with van der Waals surface area (Å²) in [4.78, 5) is 28.5. The van der Waals surface area contributed by atoms with E-state index in [9.17, 15) is 9.59 Å². The predicted molar refractivity (Wildman–Crippen MR) is 91.7 cm³/mol. The van der Waals surface area contributed by atoms with Gasteiger partial charge in [-0.15, -0.1) is 0 Å². The molecule has 0 spiro atoms. The fourth-order valence-electron chi connectivity index (χ4n) is 2.60. The van der Waals surface area contributed by atoms with Crippen LogP contribution in [-0.4, -0.2) is 50.7 Å². The van der Waals surface area contributed by atoms with Crippen LogP contribution in [0.25, 0.3) is 10.9 Å². The van der Waals surface area contributed by atoms with E-state index in [0.29, 0.717) is 23.5 Å². The van der Waals surface area contributed by atoms with Gasteiger partial charge in [-0.1, -0.05) is 0 Å². The topological polar surface area (TPSA) is 84.9 Å². The van der Waals surface area contributed by atoms with Crippen molar-refractivity contribution in [1.82, 2.24) is 4.98 Å². The third-order valence-corrected chi connectivity index (χ3v) is 4.07. The van der Waals surface area contributed by atoms with Crippen molar-refractivity contribution in [2.75, 3.05) is 39.2 Å². The zero-order valence-electron chi connectivity index (χ0n) is 14.5. The summed E-state index contributed by atoms with van der Waals surface area (Å²) in [7, 11) is 2.88. The van der Waals surface area contributed by atoms with Gasteiger partial charge in [-0.3, -0.25) is 4.79 Å². The van der Waals surface area contributed by atoms with Crippen LogP contribution in [0.1, 0.15) is 24.3 Å². The molecule has 2 aromatic rings. The summed E-state index contributed by atoms with van der Waals surface area (Å²) in [5.74, 6) is -0.0168. The number of esters is 1. The minimum atomic E-state index is -0.532. The number of amides is 1. The Morgan fingerprint density at radius 3 is 2.50 bits per heavy atom. The Hall–Kier alpha value is -2.54. The minimum Gasteiger partial charge on any atom is -0.497 e. The number of hydrogen-bond donors (Lipinski definition) is 3. The van der Waals surface area contributed by atoms with E-state index in [1.165, 1.54) is 7.11 Å². The second-order valence-electron chi connectivity index (χ2n) is 5.46. The molecule has 0 aliphatic rings. The van der Waals surface area contributed by atoms with Gasteiger partial charge in [-0.05, 0) is 26.0 Å². The molecule has 0 fully saturated rings. The molecule has 0 radical (unpaired) electrons. The zero-order valence-corrected chi connectivity index (χ0v) is 14.5. The second kappa shape index (κ2) is 7.83. The van der Waals surface area contributed by atoms with Crippen LogP contribution < -0.4 is 15.0 Å². The number of hydrogen-bond acceptors (Lipinski definition) is 4. The van der Waals surface area contributed by atoms with Crippen molar-refractivity contribution in [3.05, 3.63) is 23.9 Å². The number of H-pyrrole nitrogens is 1. The highest BCUT2D eigenvalue weighted by atomic mass is 16.5. The smallest absolute Gasteiger partial charge is 0.356 e. The van der Waals surface area contributed by atoms with Crippen molar-refractivity contribution in [3.8, 4) is 5.75 Å². The first-order valence-electron chi connectivity index (χ1n) is 7.95. The monoisotopic (exact) mass is 334 g/mol. The molecule has 1 aromatic heterocycles. The maximum absolute atomic E-state index is 12.3. The number of nitrogens with one attached hydrogen (secondary N) is 3. The summed E-state index contributed by atoms with van der Waals surface area (Å²) < 4.78 is 10.0. The summed E-state index contributed by atoms with van der Waals surface area (Å²) in [6.07, 6.45) is 0. The summed E-state index contributed by atoms with van der Waals surface area (Å²) in [6, 6.07) is 5.35. The largest absolute Gasteiger partial charge is 0.497 e. The molecular formula is C17H24N3O4+. The fraction of sp³-hybridized carbons (Fsp3) is 0.412. The van der Waals surface area contributed by atoms with E-state index >= 15 is 0 Å². The first kappa shape index (κ1) is 17.8. The van der Waals surface area contributed by atoms with Crippen molar-refractivity contribution in [2.24, 2.45) is 0 Å². The molecule has 24 heavy (non-hydrogen) atoms. The molecule has 130 valence electrons. The summed E-state index contributed by atoms with van der Waals surface area (Å²) in [5, 5.41) is 3.59. The molecule has 0 aliphatic heterocycles. The van der Waals surface area contributed by atoms with Crippen LogP contribution in [0.2, 0.25) is 0 Å². The Morgan fingerprint density at radius 1 is 1.21 bits per heavy atom. The first-order chi connectivity index (χ1) is 11.5. The molecule has 0 bridgehead atoms. The Morgan fingerprint density at radius 2 is 1.92 bits per heavy atom. The number of aromatic amines is 1. The molecule has 1 aromatic carbocycles. The molecule has 1 heterocycles. The van der Waals surface area contributed by atoms with Crippen LogP contribution in [-0.2, 0) is 9.53 Å². The maximum atomic E-state index is 12.3. The van der Waals surface area contributed by atoms with E-state index in [4.69, 9.17) is 9.47 Å². The first-order valence-corrected chi connectivity index (χ1v) is 7.95. The van der Waals surface area contributed by atoms with Crippen molar-refractivity contribution >= 4 is 28.5 Å². The molecule has 0 unspecified atom stereocenters. The number of anilines is 1. The molecule has 0 saturated carbocycles. The SMILES string of the molecule is CC[NH+](CC)CC(=O)Nc1c(C(=O)OC)[nH]c2cc(OC)ccc12. The lowest BCUT2D eigenvalue weighted by Gasteiger charge is -2.15. The number of likely N-dealkylation sites (N-methyl/N-ethyl adjacent to an activating group) is 1. The Bertz CT molecular complexity index is 735. The van der Waals surface area contributed by atoms with Crippen LogP contribution in [0.15, 0.2) is 18.2 Å². The highest BCUT2D eigenvalue weighted by Crippen LogP contribution is 2.30. The van der Waals surface area contributed by atoms with Crippen molar-refractivity contribution in [1.29, 1.82) is 0 Å². The van der Waals surface area contributed by atoms with Gasteiger partial charge in [0.25, 0.3) is 5.91 Å². The van der Waals surface area contributed by atoms with E-state index in [1.54, 1.807) is 25.3 Å². The molecule has 0 atom stereocenters.